The van der Waals surface area contributed by atoms with Crippen LogP contribution in [0.2, 0.25) is 0 Å². The Morgan fingerprint density at radius 3 is 2.12 bits per heavy atom. The van der Waals surface area contributed by atoms with Crippen molar-refractivity contribution in [1.29, 1.82) is 0 Å². The maximum absolute atomic E-state index is 15.0. The van der Waals surface area contributed by atoms with Crippen LogP contribution in [0.15, 0.2) is 49.0 Å². The summed E-state index contributed by atoms with van der Waals surface area (Å²) in [6.07, 6.45) is 4.22. The Hall–Kier alpha value is -2.99. The second-order valence-electron chi connectivity index (χ2n) is 8.61. The Bertz CT molecular complexity index is 1210. The standard InChI is InChI=1S/C28H25F5O/c1-3-5-16-6-13-24(34-15-16)22-12-11-21(27(32)28(22)33)20-10-9-19(25(30)26(20)31)18-8-7-17(4-2)23(29)14-18/h4,7-12,14,16,24H,2-3,5-6,13,15H2,1H3. The van der Waals surface area contributed by atoms with Gasteiger partial charge in [0, 0.05) is 27.8 Å². The smallest absolute Gasteiger partial charge is 0.167 e. The van der Waals surface area contributed by atoms with Crippen LogP contribution in [0.3, 0.4) is 0 Å². The lowest BCUT2D eigenvalue weighted by Gasteiger charge is -2.29. The van der Waals surface area contributed by atoms with E-state index in [1.807, 2.05) is 0 Å². The largest absolute Gasteiger partial charge is 0.373 e. The van der Waals surface area contributed by atoms with Crippen LogP contribution < -0.4 is 0 Å². The minimum Gasteiger partial charge on any atom is -0.373 e. The lowest BCUT2D eigenvalue weighted by molar-refractivity contribution is -0.0214. The van der Waals surface area contributed by atoms with Crippen molar-refractivity contribution in [2.24, 2.45) is 5.92 Å². The minimum absolute atomic E-state index is 0.0754. The van der Waals surface area contributed by atoms with E-state index in [2.05, 4.69) is 13.5 Å². The molecule has 3 aromatic carbocycles. The fourth-order valence-corrected chi connectivity index (χ4v) is 4.55. The minimum atomic E-state index is -1.34. The highest BCUT2D eigenvalue weighted by molar-refractivity contribution is 5.73. The molecule has 1 aliphatic rings. The second kappa shape index (κ2) is 10.1. The molecule has 1 heterocycles. The first-order valence-electron chi connectivity index (χ1n) is 11.4. The molecule has 0 aliphatic carbocycles. The van der Waals surface area contributed by atoms with Gasteiger partial charge in [-0.15, -0.1) is 0 Å². The lowest BCUT2D eigenvalue weighted by Crippen LogP contribution is -2.21. The highest BCUT2D eigenvalue weighted by atomic mass is 19.2. The molecule has 0 amide bonds. The van der Waals surface area contributed by atoms with E-state index in [1.165, 1.54) is 36.4 Å². The molecule has 0 spiro atoms. The monoisotopic (exact) mass is 472 g/mol. The van der Waals surface area contributed by atoms with Crippen LogP contribution >= 0.6 is 0 Å². The predicted molar refractivity (Wildman–Crippen MR) is 124 cm³/mol. The summed E-state index contributed by atoms with van der Waals surface area (Å²) < 4.78 is 79.6. The van der Waals surface area contributed by atoms with Crippen LogP contribution in [0, 0.1) is 35.0 Å². The van der Waals surface area contributed by atoms with Crippen LogP contribution in [0.1, 0.15) is 49.8 Å². The van der Waals surface area contributed by atoms with Crippen molar-refractivity contribution < 1.29 is 26.7 Å². The van der Waals surface area contributed by atoms with Gasteiger partial charge in [0.2, 0.25) is 0 Å². The summed E-state index contributed by atoms with van der Waals surface area (Å²) in [6.45, 7) is 6.06. The molecule has 178 valence electrons. The van der Waals surface area contributed by atoms with E-state index in [0.29, 0.717) is 18.9 Å². The molecule has 34 heavy (non-hydrogen) atoms. The molecule has 6 heteroatoms. The van der Waals surface area contributed by atoms with Crippen LogP contribution in [-0.2, 0) is 4.74 Å². The van der Waals surface area contributed by atoms with Gasteiger partial charge in [0.05, 0.1) is 12.7 Å². The molecule has 2 unspecified atom stereocenters. The molecule has 1 fully saturated rings. The Morgan fingerprint density at radius 2 is 1.50 bits per heavy atom. The maximum atomic E-state index is 15.0. The molecule has 0 bridgehead atoms. The first-order chi connectivity index (χ1) is 16.3. The van der Waals surface area contributed by atoms with E-state index in [1.54, 1.807) is 0 Å². The summed E-state index contributed by atoms with van der Waals surface area (Å²) >= 11 is 0. The molecule has 0 N–H and O–H groups in total. The van der Waals surface area contributed by atoms with Crippen molar-refractivity contribution in [2.75, 3.05) is 6.61 Å². The molecular formula is C28H25F5O. The summed E-state index contributed by atoms with van der Waals surface area (Å²) in [5.41, 5.74) is -0.584. The second-order valence-corrected chi connectivity index (χ2v) is 8.61. The first-order valence-corrected chi connectivity index (χ1v) is 11.4. The number of ether oxygens (including phenoxy) is 1. The zero-order chi connectivity index (χ0) is 24.4. The molecule has 1 nitrogen and oxygen atoms in total. The van der Waals surface area contributed by atoms with Gasteiger partial charge in [-0.2, -0.15) is 0 Å². The van der Waals surface area contributed by atoms with Crippen molar-refractivity contribution in [3.63, 3.8) is 0 Å². The van der Waals surface area contributed by atoms with Crippen LogP contribution in [0.5, 0.6) is 0 Å². The van der Waals surface area contributed by atoms with E-state index < -0.39 is 46.3 Å². The summed E-state index contributed by atoms with van der Waals surface area (Å²) in [5.74, 6) is -5.22. The number of hydrogen-bond acceptors (Lipinski definition) is 1. The van der Waals surface area contributed by atoms with E-state index in [9.17, 15) is 22.0 Å². The summed E-state index contributed by atoms with van der Waals surface area (Å²) in [6, 6.07) is 8.89. The van der Waals surface area contributed by atoms with E-state index >= 15 is 0 Å². The molecule has 0 aromatic heterocycles. The number of rotatable bonds is 6. The third-order valence-corrected chi connectivity index (χ3v) is 6.43. The third-order valence-electron chi connectivity index (χ3n) is 6.43. The van der Waals surface area contributed by atoms with Gasteiger partial charge in [-0.3, -0.25) is 0 Å². The molecule has 4 rings (SSSR count). The van der Waals surface area contributed by atoms with Gasteiger partial charge < -0.3 is 4.74 Å². The highest BCUT2D eigenvalue weighted by Crippen LogP contribution is 2.38. The average Bonchev–Trinajstić information content (AvgIpc) is 2.84. The zero-order valence-corrected chi connectivity index (χ0v) is 18.8. The average molecular weight is 472 g/mol. The molecular weight excluding hydrogens is 447 g/mol. The van der Waals surface area contributed by atoms with Gasteiger partial charge in [0.15, 0.2) is 23.3 Å². The van der Waals surface area contributed by atoms with E-state index in [0.717, 1.165) is 31.4 Å². The van der Waals surface area contributed by atoms with Crippen LogP contribution in [0.25, 0.3) is 28.3 Å². The summed E-state index contributed by atoms with van der Waals surface area (Å²) in [5, 5.41) is 0. The highest BCUT2D eigenvalue weighted by Gasteiger charge is 2.28. The zero-order valence-electron chi connectivity index (χ0n) is 18.8. The molecule has 0 saturated carbocycles. The van der Waals surface area contributed by atoms with Gasteiger partial charge >= 0.3 is 0 Å². The number of benzene rings is 3. The quantitative estimate of drug-likeness (QED) is 0.326. The van der Waals surface area contributed by atoms with Crippen LogP contribution in [0.4, 0.5) is 22.0 Å². The van der Waals surface area contributed by atoms with Crippen molar-refractivity contribution in [1.82, 2.24) is 0 Å². The first kappa shape index (κ1) is 24.1. The lowest BCUT2D eigenvalue weighted by atomic mass is 9.90. The summed E-state index contributed by atoms with van der Waals surface area (Å²) in [4.78, 5) is 0. The number of hydrogen-bond donors (Lipinski definition) is 0. The van der Waals surface area contributed by atoms with Crippen molar-refractivity contribution in [3.8, 4) is 22.3 Å². The molecule has 2 atom stereocenters. The fourth-order valence-electron chi connectivity index (χ4n) is 4.55. The van der Waals surface area contributed by atoms with Crippen LogP contribution in [-0.4, -0.2) is 6.61 Å². The Labute approximate surface area is 195 Å². The van der Waals surface area contributed by atoms with Gasteiger partial charge in [0.25, 0.3) is 0 Å². The van der Waals surface area contributed by atoms with Crippen molar-refractivity contribution >= 4 is 6.08 Å². The predicted octanol–water partition coefficient (Wildman–Crippen LogP) is 8.63. The van der Waals surface area contributed by atoms with Crippen molar-refractivity contribution in [3.05, 3.63) is 89.3 Å². The Balaban J connectivity index is 1.65. The van der Waals surface area contributed by atoms with Gasteiger partial charge in [-0.05, 0) is 36.8 Å². The van der Waals surface area contributed by atoms with Gasteiger partial charge in [-0.1, -0.05) is 62.4 Å². The summed E-state index contributed by atoms with van der Waals surface area (Å²) in [7, 11) is 0. The topological polar surface area (TPSA) is 9.23 Å². The SMILES string of the molecule is C=Cc1ccc(-c2ccc(-c3ccc(C4CCC(CCC)CO4)c(F)c3F)c(F)c2F)cc1F. The Kier molecular flexibility index (Phi) is 7.17. The van der Waals surface area contributed by atoms with E-state index in [4.69, 9.17) is 4.74 Å². The molecule has 1 aliphatic heterocycles. The van der Waals surface area contributed by atoms with Crippen molar-refractivity contribution in [2.45, 2.75) is 38.7 Å². The molecule has 1 saturated heterocycles. The van der Waals surface area contributed by atoms with Gasteiger partial charge in [-0.25, -0.2) is 22.0 Å². The normalized spacial score (nSPS) is 18.2. The Morgan fingerprint density at radius 1 is 0.853 bits per heavy atom. The molecule has 3 aromatic rings. The fraction of sp³-hybridized carbons (Fsp3) is 0.286. The molecule has 0 radical (unpaired) electrons. The maximum Gasteiger partial charge on any atom is 0.167 e. The third kappa shape index (κ3) is 4.51. The van der Waals surface area contributed by atoms with Gasteiger partial charge in [0.1, 0.15) is 5.82 Å². The number of halogens is 5. The van der Waals surface area contributed by atoms with E-state index in [-0.39, 0.29) is 22.3 Å².